The first-order valence-electron chi connectivity index (χ1n) is 8.50. The molecule has 1 aliphatic rings. The van der Waals surface area contributed by atoms with E-state index in [9.17, 15) is 4.79 Å². The lowest BCUT2D eigenvalue weighted by atomic mass is 10.1. The molecule has 7 heteroatoms. The number of rotatable bonds is 5. The van der Waals surface area contributed by atoms with Gasteiger partial charge < -0.3 is 20.1 Å². The van der Waals surface area contributed by atoms with Gasteiger partial charge in [-0.05, 0) is 24.6 Å². The van der Waals surface area contributed by atoms with E-state index in [1.165, 1.54) is 12.4 Å². The van der Waals surface area contributed by atoms with E-state index in [-0.39, 0.29) is 18.4 Å². The van der Waals surface area contributed by atoms with Crippen molar-refractivity contribution in [1.29, 1.82) is 0 Å². The molecule has 0 atom stereocenters. The fraction of sp³-hybridized carbons (Fsp3) is 0.150. The molecule has 1 aliphatic heterocycles. The average molecular weight is 362 g/mol. The molecule has 7 nitrogen and oxygen atoms in total. The predicted molar refractivity (Wildman–Crippen MR) is 100 cm³/mol. The van der Waals surface area contributed by atoms with Crippen molar-refractivity contribution >= 4 is 17.4 Å². The SMILES string of the molecule is Cc1cccc(CNC(=O)c2cnc(Nc3ccc4c(c3)OCO4)cn2)c1. The highest BCUT2D eigenvalue weighted by Gasteiger charge is 2.13. The average Bonchev–Trinajstić information content (AvgIpc) is 3.15. The van der Waals surface area contributed by atoms with Gasteiger partial charge in [0.15, 0.2) is 11.5 Å². The van der Waals surface area contributed by atoms with Crippen molar-refractivity contribution in [2.75, 3.05) is 12.1 Å². The molecular weight excluding hydrogens is 344 g/mol. The number of aromatic nitrogens is 2. The number of ether oxygens (including phenoxy) is 2. The number of hydrogen-bond acceptors (Lipinski definition) is 6. The van der Waals surface area contributed by atoms with Crippen molar-refractivity contribution in [2.24, 2.45) is 0 Å². The monoisotopic (exact) mass is 362 g/mol. The van der Waals surface area contributed by atoms with Crippen LogP contribution in [-0.2, 0) is 6.54 Å². The summed E-state index contributed by atoms with van der Waals surface area (Å²) >= 11 is 0. The number of anilines is 2. The number of benzene rings is 2. The molecule has 0 aliphatic carbocycles. The molecule has 1 amide bonds. The molecule has 2 N–H and O–H groups in total. The standard InChI is InChI=1S/C20H18N4O3/c1-13-3-2-4-14(7-13)9-23-20(25)16-10-22-19(11-21-16)24-15-5-6-17-18(8-15)27-12-26-17/h2-8,10-11H,9,12H2,1H3,(H,22,24)(H,23,25). The number of nitrogens with zero attached hydrogens (tertiary/aromatic N) is 2. The molecule has 0 saturated heterocycles. The van der Waals surface area contributed by atoms with Crippen LogP contribution in [0, 0.1) is 6.92 Å². The molecule has 0 bridgehead atoms. The van der Waals surface area contributed by atoms with E-state index < -0.39 is 0 Å². The maximum atomic E-state index is 12.2. The van der Waals surface area contributed by atoms with Gasteiger partial charge in [0.05, 0.1) is 12.4 Å². The molecule has 4 rings (SSSR count). The lowest BCUT2D eigenvalue weighted by Crippen LogP contribution is -2.24. The van der Waals surface area contributed by atoms with E-state index in [1.807, 2.05) is 49.4 Å². The van der Waals surface area contributed by atoms with Crippen LogP contribution in [0.2, 0.25) is 0 Å². The number of hydrogen-bond donors (Lipinski definition) is 2. The minimum atomic E-state index is -0.265. The Morgan fingerprint density at radius 3 is 2.78 bits per heavy atom. The van der Waals surface area contributed by atoms with Crippen LogP contribution in [-0.4, -0.2) is 22.7 Å². The number of fused-ring (bicyclic) bond motifs is 1. The Hall–Kier alpha value is -3.61. The molecule has 0 saturated carbocycles. The van der Waals surface area contributed by atoms with E-state index in [0.29, 0.717) is 23.9 Å². The zero-order valence-electron chi connectivity index (χ0n) is 14.7. The van der Waals surface area contributed by atoms with Gasteiger partial charge in [0, 0.05) is 18.3 Å². The highest BCUT2D eigenvalue weighted by molar-refractivity contribution is 5.92. The van der Waals surface area contributed by atoms with Crippen molar-refractivity contribution in [3.8, 4) is 11.5 Å². The molecule has 0 unspecified atom stereocenters. The molecular formula is C20H18N4O3. The minimum Gasteiger partial charge on any atom is -0.454 e. The molecule has 0 spiro atoms. The highest BCUT2D eigenvalue weighted by atomic mass is 16.7. The van der Waals surface area contributed by atoms with E-state index in [4.69, 9.17) is 9.47 Å². The topological polar surface area (TPSA) is 85.4 Å². The quantitative estimate of drug-likeness (QED) is 0.725. The Bertz CT molecular complexity index is 973. The molecule has 0 radical (unpaired) electrons. The number of amides is 1. The van der Waals surface area contributed by atoms with Gasteiger partial charge in [-0.2, -0.15) is 0 Å². The summed E-state index contributed by atoms with van der Waals surface area (Å²) in [4.78, 5) is 20.7. The van der Waals surface area contributed by atoms with Gasteiger partial charge in [-0.25, -0.2) is 9.97 Å². The minimum absolute atomic E-state index is 0.227. The van der Waals surface area contributed by atoms with Gasteiger partial charge in [0.2, 0.25) is 6.79 Å². The van der Waals surface area contributed by atoms with Crippen molar-refractivity contribution in [3.05, 3.63) is 71.7 Å². The Morgan fingerprint density at radius 1 is 1.07 bits per heavy atom. The van der Waals surface area contributed by atoms with Gasteiger partial charge >= 0.3 is 0 Å². The molecule has 2 aromatic carbocycles. The van der Waals surface area contributed by atoms with Crippen molar-refractivity contribution in [3.63, 3.8) is 0 Å². The van der Waals surface area contributed by atoms with Crippen molar-refractivity contribution < 1.29 is 14.3 Å². The summed E-state index contributed by atoms with van der Waals surface area (Å²) in [5, 5.41) is 5.97. The van der Waals surface area contributed by atoms with Crippen molar-refractivity contribution in [1.82, 2.24) is 15.3 Å². The van der Waals surface area contributed by atoms with Crippen LogP contribution >= 0.6 is 0 Å². The number of carbonyl (C=O) groups excluding carboxylic acids is 1. The van der Waals surface area contributed by atoms with E-state index in [1.54, 1.807) is 0 Å². The largest absolute Gasteiger partial charge is 0.454 e. The van der Waals surface area contributed by atoms with Crippen LogP contribution < -0.4 is 20.1 Å². The fourth-order valence-electron chi connectivity index (χ4n) is 2.73. The van der Waals surface area contributed by atoms with Crippen LogP contribution in [0.15, 0.2) is 54.9 Å². The van der Waals surface area contributed by atoms with Crippen LogP contribution in [0.25, 0.3) is 0 Å². The predicted octanol–water partition coefficient (Wildman–Crippen LogP) is 3.19. The summed E-state index contributed by atoms with van der Waals surface area (Å²) in [7, 11) is 0. The number of nitrogens with one attached hydrogen (secondary N) is 2. The highest BCUT2D eigenvalue weighted by Crippen LogP contribution is 2.34. The van der Waals surface area contributed by atoms with Crippen LogP contribution in [0.3, 0.4) is 0 Å². The van der Waals surface area contributed by atoms with Crippen LogP contribution in [0.4, 0.5) is 11.5 Å². The third-order valence-corrected chi connectivity index (χ3v) is 4.07. The number of aryl methyl sites for hydroxylation is 1. The smallest absolute Gasteiger partial charge is 0.271 e. The first-order valence-corrected chi connectivity index (χ1v) is 8.50. The summed E-state index contributed by atoms with van der Waals surface area (Å²) < 4.78 is 10.6. The van der Waals surface area contributed by atoms with Gasteiger partial charge in [-0.1, -0.05) is 29.8 Å². The zero-order valence-corrected chi connectivity index (χ0v) is 14.7. The molecule has 3 aromatic rings. The molecule has 136 valence electrons. The fourth-order valence-corrected chi connectivity index (χ4v) is 2.73. The summed E-state index contributed by atoms with van der Waals surface area (Å²) in [6, 6.07) is 13.5. The Kier molecular flexibility index (Phi) is 4.57. The Balaban J connectivity index is 1.37. The Labute approximate surface area is 156 Å². The maximum Gasteiger partial charge on any atom is 0.271 e. The third-order valence-electron chi connectivity index (χ3n) is 4.07. The maximum absolute atomic E-state index is 12.2. The lowest BCUT2D eigenvalue weighted by Gasteiger charge is -2.08. The van der Waals surface area contributed by atoms with Crippen molar-refractivity contribution in [2.45, 2.75) is 13.5 Å². The lowest BCUT2D eigenvalue weighted by molar-refractivity contribution is 0.0945. The van der Waals surface area contributed by atoms with Crippen LogP contribution in [0.1, 0.15) is 21.6 Å². The first kappa shape index (κ1) is 16.8. The second-order valence-corrected chi connectivity index (χ2v) is 6.15. The second-order valence-electron chi connectivity index (χ2n) is 6.15. The molecule has 27 heavy (non-hydrogen) atoms. The summed E-state index contributed by atoms with van der Waals surface area (Å²) in [6.45, 7) is 2.69. The van der Waals surface area contributed by atoms with Gasteiger partial charge in [-0.15, -0.1) is 0 Å². The van der Waals surface area contributed by atoms with Gasteiger partial charge in [0.25, 0.3) is 5.91 Å². The van der Waals surface area contributed by atoms with Gasteiger partial charge in [0.1, 0.15) is 11.5 Å². The van der Waals surface area contributed by atoms with E-state index >= 15 is 0 Å². The molecule has 0 fully saturated rings. The second kappa shape index (κ2) is 7.33. The molecule has 1 aromatic heterocycles. The van der Waals surface area contributed by atoms with Crippen LogP contribution in [0.5, 0.6) is 11.5 Å². The first-order chi connectivity index (χ1) is 13.2. The zero-order chi connectivity index (χ0) is 18.6. The summed E-state index contributed by atoms with van der Waals surface area (Å²) in [5.41, 5.74) is 3.25. The van der Waals surface area contributed by atoms with Gasteiger partial charge in [-0.3, -0.25) is 4.79 Å². The molecule has 2 heterocycles. The van der Waals surface area contributed by atoms with E-state index in [2.05, 4.69) is 20.6 Å². The number of carbonyl (C=O) groups is 1. The summed E-state index contributed by atoms with van der Waals surface area (Å²) in [6.07, 6.45) is 2.97. The Morgan fingerprint density at radius 2 is 1.96 bits per heavy atom. The normalized spacial score (nSPS) is 11.9. The third kappa shape index (κ3) is 3.98. The summed E-state index contributed by atoms with van der Waals surface area (Å²) in [5.74, 6) is 1.66. The van der Waals surface area contributed by atoms with E-state index in [0.717, 1.165) is 16.8 Å².